The van der Waals surface area contributed by atoms with Gasteiger partial charge in [-0.25, -0.2) is 9.97 Å². The number of anilines is 1. The number of amides is 1. The van der Waals surface area contributed by atoms with Crippen LogP contribution >= 0.6 is 11.6 Å². The smallest absolute Gasteiger partial charge is 0.270 e. The summed E-state index contributed by atoms with van der Waals surface area (Å²) in [6, 6.07) is 2.09. The average Bonchev–Trinajstić information content (AvgIpc) is 2.92. The van der Waals surface area contributed by atoms with Gasteiger partial charge >= 0.3 is 0 Å². The number of allylic oxidation sites excluding steroid dienone is 3. The topological polar surface area (TPSA) is 99.2 Å². The average molecular weight is 391 g/mol. The van der Waals surface area contributed by atoms with Crippen LogP contribution in [-0.2, 0) is 9.59 Å². The summed E-state index contributed by atoms with van der Waals surface area (Å²) in [6.45, 7) is 0. The highest BCUT2D eigenvalue weighted by molar-refractivity contribution is 6.33. The number of aromatic nitrogens is 2. The fourth-order valence-electron chi connectivity index (χ4n) is 3.65. The minimum atomic E-state index is -0.421. The van der Waals surface area contributed by atoms with Crippen molar-refractivity contribution in [1.29, 1.82) is 0 Å². The van der Waals surface area contributed by atoms with Crippen LogP contribution in [0.25, 0.3) is 0 Å². The normalized spacial score (nSPS) is 27.5. The van der Waals surface area contributed by atoms with Gasteiger partial charge in [-0.05, 0) is 44.9 Å². The summed E-state index contributed by atoms with van der Waals surface area (Å²) in [5.74, 6) is 0.234. The molecular weight excluding hydrogens is 368 g/mol. The lowest BCUT2D eigenvalue weighted by Gasteiger charge is -2.42. The summed E-state index contributed by atoms with van der Waals surface area (Å²) < 4.78 is 0. The summed E-state index contributed by atoms with van der Waals surface area (Å²) in [5, 5.41) is 9.45. The van der Waals surface area contributed by atoms with Crippen molar-refractivity contribution in [3.63, 3.8) is 0 Å². The number of hydrogen-bond donors (Lipinski definition) is 3. The van der Waals surface area contributed by atoms with Gasteiger partial charge in [-0.2, -0.15) is 0 Å². The number of nitrogens with one attached hydrogen (secondary N) is 3. The highest BCUT2D eigenvalue weighted by Crippen LogP contribution is 2.38. The molecular formula is C18H23ClN6O2. The Morgan fingerprint density at radius 2 is 2.19 bits per heavy atom. The van der Waals surface area contributed by atoms with Crippen LogP contribution in [0.3, 0.4) is 0 Å². The molecule has 1 saturated carbocycles. The number of hydrogen-bond acceptors (Lipinski definition) is 7. The number of likely N-dealkylation sites (N-methyl/N-ethyl adjacent to an activating group) is 1. The number of rotatable bonds is 5. The van der Waals surface area contributed by atoms with Crippen molar-refractivity contribution in [2.24, 2.45) is 0 Å². The molecule has 2 heterocycles. The van der Waals surface area contributed by atoms with Crippen LogP contribution in [0.5, 0.6) is 0 Å². The van der Waals surface area contributed by atoms with E-state index in [1.807, 2.05) is 19.0 Å². The van der Waals surface area contributed by atoms with Crippen LogP contribution in [0.1, 0.15) is 25.7 Å². The molecule has 1 saturated heterocycles. The predicted molar refractivity (Wildman–Crippen MR) is 103 cm³/mol. The second kappa shape index (κ2) is 8.06. The molecule has 144 valence electrons. The van der Waals surface area contributed by atoms with Gasteiger partial charge in [0.2, 0.25) is 0 Å². The third kappa shape index (κ3) is 3.96. The summed E-state index contributed by atoms with van der Waals surface area (Å²) >= 11 is 6.43. The lowest BCUT2D eigenvalue weighted by molar-refractivity contribution is -0.117. The van der Waals surface area contributed by atoms with Crippen molar-refractivity contribution in [3.8, 4) is 0 Å². The number of halogens is 1. The zero-order valence-corrected chi connectivity index (χ0v) is 16.1. The van der Waals surface area contributed by atoms with Gasteiger partial charge in [0.1, 0.15) is 23.5 Å². The molecule has 2 fully saturated rings. The summed E-state index contributed by atoms with van der Waals surface area (Å²) in [7, 11) is 3.82. The van der Waals surface area contributed by atoms with E-state index in [-0.39, 0.29) is 16.6 Å². The monoisotopic (exact) mass is 390 g/mol. The Hall–Kier alpha value is -2.45. The lowest BCUT2D eigenvalue weighted by atomic mass is 9.85. The molecule has 1 aromatic heterocycles. The lowest BCUT2D eigenvalue weighted by Crippen LogP contribution is -2.54. The minimum absolute atomic E-state index is 0.200. The van der Waals surface area contributed by atoms with E-state index in [4.69, 9.17) is 11.6 Å². The second-order valence-electron chi connectivity index (χ2n) is 6.74. The van der Waals surface area contributed by atoms with Crippen LogP contribution in [0.4, 0.5) is 5.82 Å². The standard InChI is InChI=1S/C18H23ClN6O2/c1-20-12-3-6-18(7-4-12)24-17(27)16(25(18)2)14(19)9-13(10-26)23-15-5-8-21-11-22-15/h5,8-12,20H,3-4,6-7H2,1-2H3,(H,24,27)(H,21,22,23)/b13-9+,16-14+. The van der Waals surface area contributed by atoms with E-state index < -0.39 is 5.66 Å². The number of carbonyl (C=O) groups excluding carboxylic acids is 2. The molecule has 3 N–H and O–H groups in total. The Morgan fingerprint density at radius 1 is 1.44 bits per heavy atom. The van der Waals surface area contributed by atoms with Crippen LogP contribution in [-0.4, -0.2) is 52.9 Å². The third-order valence-electron chi connectivity index (χ3n) is 5.25. The molecule has 3 rings (SSSR count). The third-order valence-corrected chi connectivity index (χ3v) is 5.54. The van der Waals surface area contributed by atoms with Gasteiger partial charge in [-0.15, -0.1) is 0 Å². The van der Waals surface area contributed by atoms with Gasteiger partial charge in [-0.1, -0.05) is 11.6 Å². The van der Waals surface area contributed by atoms with Gasteiger partial charge in [0.25, 0.3) is 5.91 Å². The molecule has 0 unspecified atom stereocenters. The van der Waals surface area contributed by atoms with Crippen LogP contribution in [0.2, 0.25) is 0 Å². The summed E-state index contributed by atoms with van der Waals surface area (Å²) in [6.07, 6.45) is 8.60. The Morgan fingerprint density at radius 3 is 2.78 bits per heavy atom. The van der Waals surface area contributed by atoms with E-state index in [9.17, 15) is 9.59 Å². The van der Waals surface area contributed by atoms with E-state index in [2.05, 4.69) is 25.9 Å². The fraction of sp³-hybridized carbons (Fsp3) is 0.444. The second-order valence-corrected chi connectivity index (χ2v) is 7.15. The maximum absolute atomic E-state index is 12.6. The van der Waals surface area contributed by atoms with E-state index in [0.29, 0.717) is 23.8 Å². The van der Waals surface area contributed by atoms with Gasteiger partial charge < -0.3 is 20.9 Å². The van der Waals surface area contributed by atoms with Crippen molar-refractivity contribution in [2.75, 3.05) is 19.4 Å². The molecule has 9 heteroatoms. The molecule has 1 aliphatic heterocycles. The molecule has 2 aliphatic rings. The van der Waals surface area contributed by atoms with Crippen molar-refractivity contribution in [3.05, 3.63) is 41.1 Å². The minimum Gasteiger partial charge on any atom is -0.346 e. The first-order valence-corrected chi connectivity index (χ1v) is 9.20. The molecule has 0 aromatic carbocycles. The quantitative estimate of drug-likeness (QED) is 0.515. The molecule has 27 heavy (non-hydrogen) atoms. The van der Waals surface area contributed by atoms with Crippen molar-refractivity contribution in [2.45, 2.75) is 37.4 Å². The van der Waals surface area contributed by atoms with Crippen molar-refractivity contribution in [1.82, 2.24) is 25.5 Å². The number of carbonyl (C=O) groups is 2. The SMILES string of the molecule is CNC1CCC2(CC1)NC(=O)/C(=C(Cl)/C=C(\C=O)Nc1ccncn1)N2C. The maximum Gasteiger partial charge on any atom is 0.270 e. The molecule has 0 bridgehead atoms. The first-order chi connectivity index (χ1) is 13.0. The zero-order chi connectivity index (χ0) is 19.4. The highest BCUT2D eigenvalue weighted by atomic mass is 35.5. The number of aldehydes is 1. The Labute approximate surface area is 163 Å². The van der Waals surface area contributed by atoms with Crippen LogP contribution in [0, 0.1) is 0 Å². The van der Waals surface area contributed by atoms with E-state index >= 15 is 0 Å². The highest BCUT2D eigenvalue weighted by Gasteiger charge is 2.48. The van der Waals surface area contributed by atoms with Crippen molar-refractivity contribution < 1.29 is 9.59 Å². The Bertz CT molecular complexity index is 771. The molecule has 0 radical (unpaired) electrons. The van der Waals surface area contributed by atoms with Crippen LogP contribution < -0.4 is 16.0 Å². The Kier molecular flexibility index (Phi) is 5.76. The molecule has 1 spiro atoms. The fourth-order valence-corrected chi connectivity index (χ4v) is 3.98. The van der Waals surface area contributed by atoms with E-state index in [1.165, 1.54) is 12.4 Å². The molecule has 1 amide bonds. The van der Waals surface area contributed by atoms with Crippen LogP contribution in [0.15, 0.2) is 41.1 Å². The largest absolute Gasteiger partial charge is 0.346 e. The zero-order valence-electron chi connectivity index (χ0n) is 15.3. The van der Waals surface area contributed by atoms with E-state index in [0.717, 1.165) is 25.7 Å². The number of nitrogens with zero attached hydrogens (tertiary/aromatic N) is 3. The first-order valence-electron chi connectivity index (χ1n) is 8.82. The first kappa shape index (κ1) is 19.3. The van der Waals surface area contributed by atoms with Gasteiger partial charge in [-0.3, -0.25) is 9.59 Å². The molecule has 1 aromatic rings. The van der Waals surface area contributed by atoms with Gasteiger partial charge in [0.05, 0.1) is 10.7 Å². The Balaban J connectivity index is 1.83. The predicted octanol–water partition coefficient (Wildman–Crippen LogP) is 1.34. The molecule has 8 nitrogen and oxygen atoms in total. The molecule has 0 atom stereocenters. The summed E-state index contributed by atoms with van der Waals surface area (Å²) in [5.41, 5.74) is 0.144. The summed E-state index contributed by atoms with van der Waals surface area (Å²) in [4.78, 5) is 33.8. The van der Waals surface area contributed by atoms with Gasteiger partial charge in [0.15, 0.2) is 6.29 Å². The van der Waals surface area contributed by atoms with Crippen molar-refractivity contribution >= 4 is 29.6 Å². The van der Waals surface area contributed by atoms with E-state index in [1.54, 1.807) is 12.3 Å². The maximum atomic E-state index is 12.6. The van der Waals surface area contributed by atoms with Gasteiger partial charge in [0, 0.05) is 19.3 Å². The molecule has 1 aliphatic carbocycles.